The van der Waals surface area contributed by atoms with Crippen molar-refractivity contribution in [3.05, 3.63) is 35.4 Å². The predicted octanol–water partition coefficient (Wildman–Crippen LogP) is 3.45. The Labute approximate surface area is 120 Å². The summed E-state index contributed by atoms with van der Waals surface area (Å²) in [5, 5.41) is 0.935. The average molecular weight is 362 g/mol. The van der Waals surface area contributed by atoms with Crippen molar-refractivity contribution in [1.82, 2.24) is 0 Å². The maximum absolute atomic E-state index is 11.1. The maximum Gasteiger partial charge on any atom is 0.337 e. The first-order valence-electron chi connectivity index (χ1n) is 4.48. The third-order valence-corrected chi connectivity index (χ3v) is 2.15. The van der Waals surface area contributed by atoms with E-state index in [1.807, 2.05) is 12.1 Å². The number of ether oxygens (including phenoxy) is 1. The summed E-state index contributed by atoms with van der Waals surface area (Å²) in [4.78, 5) is 11.1. The summed E-state index contributed by atoms with van der Waals surface area (Å²) in [6.07, 6.45) is 0.974. The maximum atomic E-state index is 11.1. The van der Waals surface area contributed by atoms with Crippen molar-refractivity contribution in [3.8, 4) is 0 Å². The number of esters is 1. The molecule has 0 heterocycles. The first-order chi connectivity index (χ1) is 8.01. The molecule has 0 fully saturated rings. The van der Waals surface area contributed by atoms with Crippen molar-refractivity contribution >= 4 is 52.5 Å². The second kappa shape index (κ2) is 9.88. The van der Waals surface area contributed by atoms with E-state index in [1.165, 1.54) is 12.7 Å². The van der Waals surface area contributed by atoms with Crippen LogP contribution >= 0.6 is 37.3 Å². The fourth-order valence-electron chi connectivity index (χ4n) is 1.03. The van der Waals surface area contributed by atoms with E-state index >= 15 is 0 Å². The molecule has 1 aromatic carbocycles. The lowest BCUT2D eigenvalue weighted by Crippen LogP contribution is -2.00. The molecule has 0 spiro atoms. The molecule has 0 amide bonds. The van der Waals surface area contributed by atoms with Crippen molar-refractivity contribution in [3.63, 3.8) is 0 Å². The van der Waals surface area contributed by atoms with Crippen LogP contribution in [-0.4, -0.2) is 22.6 Å². The molecular weight excluding hydrogens is 351 g/mol. The highest BCUT2D eigenvalue weighted by atomic mass is 79.9. The minimum absolute atomic E-state index is 0.287. The number of methoxy groups -OCH3 is 1. The largest absolute Gasteiger partial charge is 0.465 e. The minimum Gasteiger partial charge on any atom is -0.465 e. The SMILES string of the molecule is COC(=O)c1ccc(CCBr)cc1.O=S(Cl)Cl. The van der Waals surface area contributed by atoms with Gasteiger partial charge in [0, 0.05) is 26.7 Å². The smallest absolute Gasteiger partial charge is 0.337 e. The van der Waals surface area contributed by atoms with E-state index < -0.39 is 9.23 Å². The summed E-state index contributed by atoms with van der Waals surface area (Å²) in [6.45, 7) is 0. The van der Waals surface area contributed by atoms with Gasteiger partial charge in [-0.05, 0) is 24.1 Å². The van der Waals surface area contributed by atoms with Gasteiger partial charge in [-0.25, -0.2) is 9.00 Å². The fourth-order valence-corrected chi connectivity index (χ4v) is 1.49. The van der Waals surface area contributed by atoms with Gasteiger partial charge in [-0.2, -0.15) is 0 Å². The fraction of sp³-hybridized carbons (Fsp3) is 0.300. The Balaban J connectivity index is 0.000000557. The number of carbonyl (C=O) groups is 1. The van der Waals surface area contributed by atoms with Crippen molar-refractivity contribution in [2.24, 2.45) is 0 Å². The summed E-state index contributed by atoms with van der Waals surface area (Å²) < 4.78 is 13.7. The van der Waals surface area contributed by atoms with Gasteiger partial charge in [0.15, 0.2) is 0 Å². The molecule has 0 aliphatic carbocycles. The summed E-state index contributed by atoms with van der Waals surface area (Å²) in [5.41, 5.74) is 1.81. The molecule has 0 N–H and O–H groups in total. The second-order valence-electron chi connectivity index (χ2n) is 2.81. The molecule has 0 aliphatic heterocycles. The topological polar surface area (TPSA) is 43.4 Å². The van der Waals surface area contributed by atoms with Gasteiger partial charge >= 0.3 is 5.97 Å². The summed E-state index contributed by atoms with van der Waals surface area (Å²) in [7, 11) is 8.74. The molecule has 96 valence electrons. The van der Waals surface area contributed by atoms with E-state index in [2.05, 4.69) is 42.0 Å². The van der Waals surface area contributed by atoms with Gasteiger partial charge in [-0.3, -0.25) is 0 Å². The van der Waals surface area contributed by atoms with Crippen LogP contribution in [0.4, 0.5) is 0 Å². The molecule has 0 saturated carbocycles. The van der Waals surface area contributed by atoms with Crippen molar-refractivity contribution in [2.45, 2.75) is 6.42 Å². The van der Waals surface area contributed by atoms with E-state index in [0.29, 0.717) is 5.56 Å². The molecule has 7 heteroatoms. The second-order valence-corrected chi connectivity index (χ2v) is 6.13. The van der Waals surface area contributed by atoms with Crippen LogP contribution < -0.4 is 0 Å². The Morgan fingerprint density at radius 3 is 2.18 bits per heavy atom. The van der Waals surface area contributed by atoms with E-state index in [9.17, 15) is 4.79 Å². The Hall–Kier alpha value is -0.100. The van der Waals surface area contributed by atoms with E-state index in [0.717, 1.165) is 11.8 Å². The number of halogens is 3. The lowest BCUT2D eigenvalue weighted by atomic mass is 10.1. The zero-order valence-corrected chi connectivity index (χ0v) is 12.9. The van der Waals surface area contributed by atoms with Gasteiger partial charge in [0.1, 0.15) is 0 Å². The first-order valence-corrected chi connectivity index (χ1v) is 8.41. The Bertz CT molecular complexity index is 366. The number of hydrogen-bond acceptors (Lipinski definition) is 3. The monoisotopic (exact) mass is 360 g/mol. The van der Waals surface area contributed by atoms with Crippen LogP contribution in [0.2, 0.25) is 0 Å². The molecule has 0 radical (unpaired) electrons. The number of rotatable bonds is 3. The molecule has 0 saturated heterocycles. The summed E-state index contributed by atoms with van der Waals surface area (Å²) >= 11 is 3.36. The van der Waals surface area contributed by atoms with Gasteiger partial charge in [-0.1, -0.05) is 28.1 Å². The lowest BCUT2D eigenvalue weighted by Gasteiger charge is -2.00. The number of alkyl halides is 1. The molecule has 0 aromatic heterocycles. The first kappa shape index (κ1) is 16.9. The number of benzene rings is 1. The molecule has 0 unspecified atom stereocenters. The highest BCUT2D eigenvalue weighted by molar-refractivity contribution is 9.09. The highest BCUT2D eigenvalue weighted by Crippen LogP contribution is 2.07. The molecule has 17 heavy (non-hydrogen) atoms. The van der Waals surface area contributed by atoms with Gasteiger partial charge in [0.05, 0.1) is 12.7 Å². The van der Waals surface area contributed by atoms with Gasteiger partial charge < -0.3 is 4.74 Å². The quantitative estimate of drug-likeness (QED) is 0.470. The molecule has 0 bridgehead atoms. The summed E-state index contributed by atoms with van der Waals surface area (Å²) in [6, 6.07) is 7.44. The molecule has 3 nitrogen and oxygen atoms in total. The lowest BCUT2D eigenvalue weighted by molar-refractivity contribution is 0.0600. The Kier molecular flexibility index (Phi) is 9.82. The normalized spacial score (nSPS) is 9.47. The molecule has 0 atom stereocenters. The minimum atomic E-state index is -1.67. The number of hydrogen-bond donors (Lipinski definition) is 0. The standard InChI is InChI=1S/C10H11BrO2.Cl2OS/c1-13-10(12)9-4-2-8(3-5-9)6-7-11;1-4(2)3/h2-5H,6-7H2,1H3;. The molecule has 0 aliphatic rings. The Morgan fingerprint density at radius 1 is 1.35 bits per heavy atom. The molecular formula is C10H11BrCl2O3S. The highest BCUT2D eigenvalue weighted by Gasteiger charge is 2.03. The zero-order chi connectivity index (χ0) is 13.3. The van der Waals surface area contributed by atoms with Gasteiger partial charge in [-0.15, -0.1) is 0 Å². The van der Waals surface area contributed by atoms with Crippen LogP contribution in [0.5, 0.6) is 0 Å². The van der Waals surface area contributed by atoms with E-state index in [4.69, 9.17) is 4.21 Å². The van der Waals surface area contributed by atoms with Gasteiger partial charge in [0.25, 0.3) is 0 Å². The van der Waals surface area contributed by atoms with Crippen molar-refractivity contribution < 1.29 is 13.7 Å². The van der Waals surface area contributed by atoms with Crippen molar-refractivity contribution in [1.29, 1.82) is 0 Å². The predicted molar refractivity (Wildman–Crippen MR) is 75.1 cm³/mol. The van der Waals surface area contributed by atoms with Crippen LogP contribution in [0.1, 0.15) is 15.9 Å². The number of carbonyl (C=O) groups excluding carboxylic acids is 1. The Morgan fingerprint density at radius 2 is 1.82 bits per heavy atom. The number of aryl methyl sites for hydroxylation is 1. The average Bonchev–Trinajstić information content (AvgIpc) is 2.29. The van der Waals surface area contributed by atoms with Crippen LogP contribution in [0, 0.1) is 0 Å². The van der Waals surface area contributed by atoms with E-state index in [-0.39, 0.29) is 5.97 Å². The van der Waals surface area contributed by atoms with Crippen LogP contribution in [-0.2, 0) is 20.4 Å². The third kappa shape index (κ3) is 8.60. The van der Waals surface area contributed by atoms with Crippen LogP contribution in [0.3, 0.4) is 0 Å². The van der Waals surface area contributed by atoms with E-state index in [1.54, 1.807) is 12.1 Å². The van der Waals surface area contributed by atoms with Crippen molar-refractivity contribution in [2.75, 3.05) is 12.4 Å². The van der Waals surface area contributed by atoms with Gasteiger partial charge in [0.2, 0.25) is 9.23 Å². The molecule has 1 aromatic rings. The third-order valence-electron chi connectivity index (χ3n) is 1.76. The summed E-state index contributed by atoms with van der Waals surface area (Å²) in [5.74, 6) is -0.287. The van der Waals surface area contributed by atoms with Crippen LogP contribution in [0.25, 0.3) is 0 Å². The van der Waals surface area contributed by atoms with Crippen LogP contribution in [0.15, 0.2) is 24.3 Å². The molecule has 1 rings (SSSR count). The zero-order valence-electron chi connectivity index (χ0n) is 8.99.